The lowest BCUT2D eigenvalue weighted by molar-refractivity contribution is 0.469. The number of nitrogens with zero attached hydrogens (tertiary/aromatic N) is 1. The zero-order chi connectivity index (χ0) is 14.1. The molecule has 0 aliphatic carbocycles. The van der Waals surface area contributed by atoms with Crippen LogP contribution in [0.2, 0.25) is 5.02 Å². The van der Waals surface area contributed by atoms with E-state index in [0.717, 1.165) is 16.5 Å². The lowest BCUT2D eigenvalue weighted by Gasteiger charge is -2.11. The van der Waals surface area contributed by atoms with Gasteiger partial charge in [0.25, 0.3) is 0 Å². The normalized spacial score (nSPS) is 10.7. The minimum absolute atomic E-state index is 0.414. The Labute approximate surface area is 122 Å². The summed E-state index contributed by atoms with van der Waals surface area (Å²) in [5.41, 5.74) is 7.26. The fourth-order valence-electron chi connectivity index (χ4n) is 2.05. The Morgan fingerprint density at radius 1 is 1.00 bits per heavy atom. The number of nitrogen functional groups attached to an aromatic ring is 1. The molecule has 0 aliphatic rings. The van der Waals surface area contributed by atoms with E-state index in [1.165, 1.54) is 0 Å². The zero-order valence-electron chi connectivity index (χ0n) is 10.9. The van der Waals surface area contributed by atoms with Crippen LogP contribution < -0.4 is 10.5 Å². The van der Waals surface area contributed by atoms with Gasteiger partial charge in [0.1, 0.15) is 5.75 Å². The minimum atomic E-state index is 0.414. The first-order valence-electron chi connectivity index (χ1n) is 6.23. The van der Waals surface area contributed by atoms with Gasteiger partial charge in [-0.2, -0.15) is 0 Å². The van der Waals surface area contributed by atoms with E-state index >= 15 is 0 Å². The van der Waals surface area contributed by atoms with Crippen LogP contribution >= 0.6 is 11.6 Å². The van der Waals surface area contributed by atoms with Crippen LogP contribution in [0.1, 0.15) is 5.69 Å². The Morgan fingerprint density at radius 2 is 1.75 bits per heavy atom. The molecule has 0 fully saturated rings. The highest BCUT2D eigenvalue weighted by Gasteiger charge is 2.09. The molecule has 3 nitrogen and oxygen atoms in total. The molecule has 0 bridgehead atoms. The van der Waals surface area contributed by atoms with Crippen LogP contribution in [0.25, 0.3) is 10.8 Å². The molecule has 2 N–H and O–H groups in total. The van der Waals surface area contributed by atoms with Crippen LogP contribution in [0.15, 0.2) is 48.5 Å². The molecule has 3 rings (SSSR count). The highest BCUT2D eigenvalue weighted by molar-refractivity contribution is 6.35. The highest BCUT2D eigenvalue weighted by atomic mass is 35.5. The molecule has 0 radical (unpaired) electrons. The molecule has 0 spiro atoms. The van der Waals surface area contributed by atoms with E-state index in [2.05, 4.69) is 4.98 Å². The highest BCUT2D eigenvalue weighted by Crippen LogP contribution is 2.34. The molecule has 4 heteroatoms. The number of anilines is 1. The first-order chi connectivity index (χ1) is 9.65. The molecule has 0 atom stereocenters. The summed E-state index contributed by atoms with van der Waals surface area (Å²) in [6.07, 6.45) is 0. The van der Waals surface area contributed by atoms with Gasteiger partial charge in [-0.3, -0.25) is 0 Å². The van der Waals surface area contributed by atoms with E-state index in [0.29, 0.717) is 22.3 Å². The van der Waals surface area contributed by atoms with Crippen molar-refractivity contribution in [2.24, 2.45) is 0 Å². The molecule has 100 valence electrons. The van der Waals surface area contributed by atoms with E-state index in [9.17, 15) is 0 Å². The number of aromatic nitrogens is 1. The predicted octanol–water partition coefficient (Wildman–Crippen LogP) is 4.57. The second-order valence-electron chi connectivity index (χ2n) is 4.54. The van der Waals surface area contributed by atoms with Gasteiger partial charge < -0.3 is 10.5 Å². The first kappa shape index (κ1) is 12.8. The van der Waals surface area contributed by atoms with Crippen molar-refractivity contribution in [2.75, 3.05) is 5.73 Å². The van der Waals surface area contributed by atoms with Crippen LogP contribution in [-0.2, 0) is 0 Å². The smallest absolute Gasteiger partial charge is 0.242 e. The van der Waals surface area contributed by atoms with Gasteiger partial charge in [-0.1, -0.05) is 35.9 Å². The summed E-state index contributed by atoms with van der Waals surface area (Å²) in [5.74, 6) is 1.10. The van der Waals surface area contributed by atoms with Gasteiger partial charge in [0.15, 0.2) is 0 Å². The van der Waals surface area contributed by atoms with Crippen molar-refractivity contribution >= 4 is 28.1 Å². The number of hydrogen-bond acceptors (Lipinski definition) is 3. The number of ether oxygens (including phenoxy) is 1. The fourth-order valence-corrected chi connectivity index (χ4v) is 2.28. The number of benzene rings is 2. The molecule has 0 saturated heterocycles. The van der Waals surface area contributed by atoms with E-state index in [4.69, 9.17) is 22.1 Å². The molecule has 0 aliphatic heterocycles. The molecular formula is C16H13ClN2O. The fraction of sp³-hybridized carbons (Fsp3) is 0.0625. The summed E-state index contributed by atoms with van der Waals surface area (Å²) in [6.45, 7) is 1.90. The van der Waals surface area contributed by atoms with Crippen molar-refractivity contribution in [3.63, 3.8) is 0 Å². The topological polar surface area (TPSA) is 48.1 Å². The van der Waals surface area contributed by atoms with Gasteiger partial charge in [0.05, 0.1) is 5.69 Å². The Hall–Kier alpha value is -2.26. The quantitative estimate of drug-likeness (QED) is 0.750. The van der Waals surface area contributed by atoms with Crippen LogP contribution in [0.4, 0.5) is 5.69 Å². The molecule has 20 heavy (non-hydrogen) atoms. The van der Waals surface area contributed by atoms with Gasteiger partial charge in [0, 0.05) is 21.5 Å². The van der Waals surface area contributed by atoms with Crippen molar-refractivity contribution < 1.29 is 4.74 Å². The maximum absolute atomic E-state index is 6.19. The third kappa shape index (κ3) is 2.28. The minimum Gasteiger partial charge on any atom is -0.436 e. The Bertz CT molecular complexity index is 787. The molecule has 2 aromatic carbocycles. The van der Waals surface area contributed by atoms with Crippen molar-refractivity contribution in [2.45, 2.75) is 6.92 Å². The number of nitrogens with two attached hydrogens (primary N) is 1. The average molecular weight is 285 g/mol. The summed E-state index contributed by atoms with van der Waals surface area (Å²) in [7, 11) is 0. The zero-order valence-corrected chi connectivity index (χ0v) is 11.7. The molecule has 1 heterocycles. The summed E-state index contributed by atoms with van der Waals surface area (Å²) >= 11 is 6.19. The molecule has 0 amide bonds. The number of rotatable bonds is 2. The maximum Gasteiger partial charge on any atom is 0.242 e. The Kier molecular flexibility index (Phi) is 3.20. The van der Waals surface area contributed by atoms with Gasteiger partial charge in [-0.05, 0) is 31.2 Å². The standard InChI is InChI=1S/C16H13ClN2O/c1-10-6-8-14(18)16(19-10)20-15-9-7-13(17)11-4-2-3-5-12(11)15/h2-9H,18H2,1H3. The van der Waals surface area contributed by atoms with Crippen molar-refractivity contribution in [1.29, 1.82) is 0 Å². The predicted molar refractivity (Wildman–Crippen MR) is 82.4 cm³/mol. The van der Waals surface area contributed by atoms with E-state index < -0.39 is 0 Å². The number of hydrogen-bond donors (Lipinski definition) is 1. The van der Waals surface area contributed by atoms with Crippen molar-refractivity contribution in [3.8, 4) is 11.6 Å². The van der Waals surface area contributed by atoms with Crippen LogP contribution in [0.3, 0.4) is 0 Å². The van der Waals surface area contributed by atoms with Crippen LogP contribution in [0, 0.1) is 6.92 Å². The van der Waals surface area contributed by atoms with E-state index in [1.54, 1.807) is 6.07 Å². The van der Waals surface area contributed by atoms with Crippen LogP contribution in [0.5, 0.6) is 11.6 Å². The number of pyridine rings is 1. The molecule has 0 unspecified atom stereocenters. The lowest BCUT2D eigenvalue weighted by atomic mass is 10.1. The van der Waals surface area contributed by atoms with Crippen LogP contribution in [-0.4, -0.2) is 4.98 Å². The van der Waals surface area contributed by atoms with E-state index in [-0.39, 0.29) is 0 Å². The second kappa shape index (κ2) is 5.02. The summed E-state index contributed by atoms with van der Waals surface area (Å²) < 4.78 is 5.86. The van der Waals surface area contributed by atoms with Crippen molar-refractivity contribution in [3.05, 3.63) is 59.2 Å². The number of fused-ring (bicyclic) bond motifs is 1. The maximum atomic E-state index is 6.19. The number of halogens is 1. The van der Waals surface area contributed by atoms with Gasteiger partial charge in [-0.25, -0.2) is 4.98 Å². The van der Waals surface area contributed by atoms with Gasteiger partial charge in [0.2, 0.25) is 5.88 Å². The first-order valence-corrected chi connectivity index (χ1v) is 6.61. The van der Waals surface area contributed by atoms with Crippen molar-refractivity contribution in [1.82, 2.24) is 4.98 Å². The summed E-state index contributed by atoms with van der Waals surface area (Å²) in [5, 5.41) is 2.57. The largest absolute Gasteiger partial charge is 0.436 e. The Balaban J connectivity index is 2.11. The summed E-state index contributed by atoms with van der Waals surface area (Å²) in [4.78, 5) is 4.32. The van der Waals surface area contributed by atoms with Gasteiger partial charge in [-0.15, -0.1) is 0 Å². The third-order valence-electron chi connectivity index (χ3n) is 3.07. The molecule has 3 aromatic rings. The third-order valence-corrected chi connectivity index (χ3v) is 3.40. The molecular weight excluding hydrogens is 272 g/mol. The lowest BCUT2D eigenvalue weighted by Crippen LogP contribution is -1.96. The monoisotopic (exact) mass is 284 g/mol. The molecule has 1 aromatic heterocycles. The molecule has 0 saturated carbocycles. The average Bonchev–Trinajstić information content (AvgIpc) is 2.46. The summed E-state index contributed by atoms with van der Waals surface area (Å²) in [6, 6.07) is 15.1. The Morgan fingerprint density at radius 3 is 2.55 bits per heavy atom. The second-order valence-corrected chi connectivity index (χ2v) is 4.95. The van der Waals surface area contributed by atoms with Gasteiger partial charge >= 0.3 is 0 Å². The SMILES string of the molecule is Cc1ccc(N)c(Oc2ccc(Cl)c3ccccc23)n1. The van der Waals surface area contributed by atoms with E-state index in [1.807, 2.05) is 49.4 Å². The number of aryl methyl sites for hydroxylation is 1.